The topological polar surface area (TPSA) is 117 Å². The molecule has 19 heavy (non-hydrogen) atoms. The summed E-state index contributed by atoms with van der Waals surface area (Å²) in [6.45, 7) is 0.498. The highest BCUT2D eigenvalue weighted by molar-refractivity contribution is 5.28. The highest BCUT2D eigenvalue weighted by Gasteiger charge is 2.55. The minimum Gasteiger partial charge on any atom is -0.394 e. The molecule has 0 radical (unpaired) electrons. The number of anilines is 1. The van der Waals surface area contributed by atoms with Gasteiger partial charge < -0.3 is 14.9 Å². The van der Waals surface area contributed by atoms with Gasteiger partial charge in [0.1, 0.15) is 12.2 Å². The summed E-state index contributed by atoms with van der Waals surface area (Å²) in [4.78, 5) is 15.1. The van der Waals surface area contributed by atoms with Gasteiger partial charge in [-0.15, -0.1) is 0 Å². The molecule has 0 saturated carbocycles. The van der Waals surface area contributed by atoms with Crippen molar-refractivity contribution in [2.24, 2.45) is 0 Å². The van der Waals surface area contributed by atoms with E-state index in [4.69, 9.17) is 15.1 Å². The van der Waals surface area contributed by atoms with Gasteiger partial charge >= 0.3 is 5.69 Å². The van der Waals surface area contributed by atoms with Gasteiger partial charge in [0.2, 0.25) is 0 Å². The maximum absolute atomic E-state index is 14.4. The molecule has 0 unspecified atom stereocenters. The van der Waals surface area contributed by atoms with Crippen LogP contribution in [-0.4, -0.2) is 49.5 Å². The molecule has 106 valence electrons. The Hall–Kier alpha value is -1.55. The van der Waals surface area contributed by atoms with Crippen molar-refractivity contribution in [1.29, 1.82) is 0 Å². The number of hydrogen-bond donors (Lipinski definition) is 4. The van der Waals surface area contributed by atoms with Gasteiger partial charge in [-0.05, 0) is 13.0 Å². The van der Waals surface area contributed by atoms with Crippen molar-refractivity contribution >= 4 is 5.82 Å². The van der Waals surface area contributed by atoms with Gasteiger partial charge in [-0.2, -0.15) is 4.98 Å². The van der Waals surface area contributed by atoms with E-state index in [0.717, 1.165) is 11.5 Å². The molecule has 1 aliphatic heterocycles. The number of aliphatic hydroxyl groups excluding tert-OH is 2. The third kappa shape index (κ3) is 2.21. The van der Waals surface area contributed by atoms with Crippen LogP contribution >= 0.6 is 0 Å². The number of nitrogens with one attached hydrogen (secondary N) is 1. The molecule has 0 amide bonds. The van der Waals surface area contributed by atoms with E-state index in [1.54, 1.807) is 5.48 Å². The monoisotopic (exact) mass is 275 g/mol. The van der Waals surface area contributed by atoms with Crippen molar-refractivity contribution in [3.63, 3.8) is 0 Å². The molecule has 4 N–H and O–H groups in total. The van der Waals surface area contributed by atoms with Crippen molar-refractivity contribution in [3.05, 3.63) is 22.7 Å². The first-order chi connectivity index (χ1) is 8.91. The third-order valence-electron chi connectivity index (χ3n) is 3.09. The Morgan fingerprint density at radius 1 is 1.68 bits per heavy atom. The number of ether oxygens (including phenoxy) is 1. The van der Waals surface area contributed by atoms with E-state index < -0.39 is 36.4 Å². The van der Waals surface area contributed by atoms with Crippen LogP contribution in [0.3, 0.4) is 0 Å². The first kappa shape index (κ1) is 13.9. The number of aromatic nitrogens is 2. The zero-order valence-electron chi connectivity index (χ0n) is 10.0. The number of rotatable bonds is 3. The SMILES string of the molecule is C[C@@]1(F)[C@H](O)[C@@H](CO)O[C@H]1n1ccc(NO)nc1=O. The first-order valence-electron chi connectivity index (χ1n) is 5.54. The summed E-state index contributed by atoms with van der Waals surface area (Å²) in [5.74, 6) is -0.0981. The van der Waals surface area contributed by atoms with Crippen molar-refractivity contribution in [3.8, 4) is 0 Å². The van der Waals surface area contributed by atoms with Crippen molar-refractivity contribution < 1.29 is 24.5 Å². The van der Waals surface area contributed by atoms with E-state index in [9.17, 15) is 14.3 Å². The Labute approximate surface area is 107 Å². The average Bonchev–Trinajstić information content (AvgIpc) is 2.61. The number of alkyl halides is 1. The fraction of sp³-hybridized carbons (Fsp3) is 0.600. The predicted octanol–water partition coefficient (Wildman–Crippen LogP) is -0.977. The Morgan fingerprint density at radius 2 is 2.37 bits per heavy atom. The minimum absolute atomic E-state index is 0.0981. The summed E-state index contributed by atoms with van der Waals surface area (Å²) in [7, 11) is 0. The first-order valence-corrected chi connectivity index (χ1v) is 5.54. The summed E-state index contributed by atoms with van der Waals surface area (Å²) in [6.07, 6.45) is -2.93. The van der Waals surface area contributed by atoms with Gasteiger partial charge in [0, 0.05) is 6.20 Å². The average molecular weight is 275 g/mol. The quantitative estimate of drug-likeness (QED) is 0.524. The molecular weight excluding hydrogens is 261 g/mol. The molecule has 0 aromatic carbocycles. The summed E-state index contributed by atoms with van der Waals surface area (Å²) < 4.78 is 20.4. The zero-order chi connectivity index (χ0) is 14.2. The Kier molecular flexibility index (Phi) is 3.54. The smallest absolute Gasteiger partial charge is 0.351 e. The number of halogens is 1. The molecule has 2 heterocycles. The molecule has 2 rings (SSSR count). The molecule has 0 aliphatic carbocycles. The maximum atomic E-state index is 14.4. The molecule has 0 bridgehead atoms. The second-order valence-electron chi connectivity index (χ2n) is 4.42. The highest BCUT2D eigenvalue weighted by atomic mass is 19.1. The van der Waals surface area contributed by atoms with Crippen LogP contribution in [0.5, 0.6) is 0 Å². The van der Waals surface area contributed by atoms with Crippen molar-refractivity contribution in [2.75, 3.05) is 12.1 Å². The van der Waals surface area contributed by atoms with E-state index in [-0.39, 0.29) is 5.82 Å². The van der Waals surface area contributed by atoms with Gasteiger partial charge in [-0.3, -0.25) is 15.3 Å². The Morgan fingerprint density at radius 3 is 2.84 bits per heavy atom. The fourth-order valence-corrected chi connectivity index (χ4v) is 2.02. The van der Waals surface area contributed by atoms with Crippen LogP contribution in [0.1, 0.15) is 13.2 Å². The van der Waals surface area contributed by atoms with Gasteiger partial charge in [-0.25, -0.2) is 9.18 Å². The van der Waals surface area contributed by atoms with E-state index >= 15 is 0 Å². The Bertz CT molecular complexity index is 520. The minimum atomic E-state index is -2.26. The van der Waals surface area contributed by atoms with E-state index in [0.29, 0.717) is 0 Å². The van der Waals surface area contributed by atoms with Crippen LogP contribution in [0.15, 0.2) is 17.1 Å². The number of aliphatic hydroxyl groups is 2. The molecule has 8 nitrogen and oxygen atoms in total. The lowest BCUT2D eigenvalue weighted by molar-refractivity contribution is -0.0610. The van der Waals surface area contributed by atoms with Gasteiger partial charge in [0.15, 0.2) is 17.7 Å². The highest BCUT2D eigenvalue weighted by Crippen LogP contribution is 2.40. The van der Waals surface area contributed by atoms with Gasteiger partial charge in [0.05, 0.1) is 6.61 Å². The molecule has 1 saturated heterocycles. The lowest BCUT2D eigenvalue weighted by Crippen LogP contribution is -2.42. The molecule has 1 aliphatic rings. The molecular formula is C10H14FN3O5. The molecule has 4 atom stereocenters. The summed E-state index contributed by atoms with van der Waals surface area (Å²) >= 11 is 0. The van der Waals surface area contributed by atoms with Crippen LogP contribution in [0, 0.1) is 0 Å². The van der Waals surface area contributed by atoms with E-state index in [2.05, 4.69) is 4.98 Å². The fourth-order valence-electron chi connectivity index (χ4n) is 2.02. The normalized spacial score (nSPS) is 34.5. The third-order valence-corrected chi connectivity index (χ3v) is 3.09. The van der Waals surface area contributed by atoms with Crippen molar-refractivity contribution in [1.82, 2.24) is 9.55 Å². The van der Waals surface area contributed by atoms with Crippen LogP contribution in [0.2, 0.25) is 0 Å². The lowest BCUT2D eigenvalue weighted by atomic mass is 9.98. The number of hydrogen-bond acceptors (Lipinski definition) is 7. The summed E-state index contributed by atoms with van der Waals surface area (Å²) in [5, 5.41) is 27.3. The second kappa shape index (κ2) is 4.85. The predicted molar refractivity (Wildman–Crippen MR) is 60.4 cm³/mol. The molecule has 1 fully saturated rings. The largest absolute Gasteiger partial charge is 0.394 e. The maximum Gasteiger partial charge on any atom is 0.351 e. The number of nitrogens with zero attached hydrogens (tertiary/aromatic N) is 2. The van der Waals surface area contributed by atoms with Gasteiger partial charge in [-0.1, -0.05) is 0 Å². The second-order valence-corrected chi connectivity index (χ2v) is 4.42. The van der Waals surface area contributed by atoms with E-state index in [1.807, 2.05) is 0 Å². The molecule has 1 aromatic rings. The summed E-state index contributed by atoms with van der Waals surface area (Å²) in [6, 6.07) is 1.24. The van der Waals surface area contributed by atoms with Crippen LogP contribution in [0.4, 0.5) is 10.2 Å². The lowest BCUT2D eigenvalue weighted by Gasteiger charge is -2.24. The molecule has 0 spiro atoms. The molecule has 9 heteroatoms. The Balaban J connectivity index is 2.39. The van der Waals surface area contributed by atoms with Crippen LogP contribution in [0.25, 0.3) is 0 Å². The molecule has 1 aromatic heterocycles. The van der Waals surface area contributed by atoms with Crippen LogP contribution < -0.4 is 11.2 Å². The van der Waals surface area contributed by atoms with Crippen LogP contribution in [-0.2, 0) is 4.74 Å². The standard InChI is InChI=1S/C10H14FN3O5/c1-10(11)7(16)5(4-15)19-8(10)14-3-2-6(13-18)12-9(14)17/h2-3,5,7-8,15-16,18H,4H2,1H3,(H,12,13,17)/t5-,7-,8-,10-/m1/s1. The van der Waals surface area contributed by atoms with Crippen molar-refractivity contribution in [2.45, 2.75) is 31.0 Å². The summed E-state index contributed by atoms with van der Waals surface area (Å²) in [5.41, 5.74) is -1.43. The zero-order valence-corrected chi connectivity index (χ0v) is 10.0. The van der Waals surface area contributed by atoms with Gasteiger partial charge in [0.25, 0.3) is 0 Å². The van der Waals surface area contributed by atoms with E-state index in [1.165, 1.54) is 12.3 Å².